The van der Waals surface area contributed by atoms with E-state index in [1.54, 1.807) is 55.5 Å². The van der Waals surface area contributed by atoms with Crippen LogP contribution in [0.5, 0.6) is 0 Å². The van der Waals surface area contributed by atoms with Crippen LogP contribution in [-0.4, -0.2) is 15.8 Å². The number of amides is 1. The van der Waals surface area contributed by atoms with Gasteiger partial charge in [0, 0.05) is 17.1 Å². The number of anilines is 1. The van der Waals surface area contributed by atoms with Crippen molar-refractivity contribution in [2.24, 2.45) is 0 Å². The van der Waals surface area contributed by atoms with Gasteiger partial charge in [0.2, 0.25) is 0 Å². The molecule has 0 atom stereocenters. The summed E-state index contributed by atoms with van der Waals surface area (Å²) in [5, 5.41) is 12.3. The van der Waals surface area contributed by atoms with Crippen LogP contribution in [0.15, 0.2) is 54.6 Å². The van der Waals surface area contributed by atoms with Gasteiger partial charge < -0.3 is 0 Å². The fraction of sp³-hybridized carbons (Fsp3) is 0.0588. The molecule has 0 aliphatic rings. The first kappa shape index (κ1) is 15.4. The molecule has 2 N–H and O–H groups in total. The van der Waals surface area contributed by atoms with Gasteiger partial charge in [-0.3, -0.25) is 25.8 Å². The number of nitrogens with one attached hydrogen (secondary N) is 2. The topological polar surface area (TPSA) is 97.2 Å². The number of rotatable bonds is 4. The second kappa shape index (κ2) is 6.33. The zero-order valence-corrected chi connectivity index (χ0v) is 12.8. The van der Waals surface area contributed by atoms with Crippen molar-refractivity contribution >= 4 is 28.1 Å². The average Bonchev–Trinajstić information content (AvgIpc) is 2.59. The molecular weight excluding hydrogens is 308 g/mol. The molecule has 3 aromatic rings. The van der Waals surface area contributed by atoms with Crippen molar-refractivity contribution in [3.63, 3.8) is 0 Å². The maximum atomic E-state index is 12.1. The summed E-state index contributed by atoms with van der Waals surface area (Å²) in [6.45, 7) is 1.80. The Kier molecular flexibility index (Phi) is 4.07. The highest BCUT2D eigenvalue weighted by Crippen LogP contribution is 2.30. The van der Waals surface area contributed by atoms with Gasteiger partial charge in [-0.2, -0.15) is 0 Å². The van der Waals surface area contributed by atoms with E-state index < -0.39 is 4.92 Å². The highest BCUT2D eigenvalue weighted by molar-refractivity contribution is 6.00. The van der Waals surface area contributed by atoms with Crippen LogP contribution >= 0.6 is 0 Å². The number of hydrogen-bond acceptors (Lipinski definition) is 5. The van der Waals surface area contributed by atoms with E-state index in [1.807, 2.05) is 0 Å². The lowest BCUT2D eigenvalue weighted by molar-refractivity contribution is -0.383. The molecule has 1 amide bonds. The standard InChI is InChI=1S/C17H14N4O3/c1-11-5-4-8-15(18-11)17(22)20-19-14-9-10-16(21(23)24)13-7-3-2-6-12(13)14/h2-10,19H,1H3,(H,20,22). The van der Waals surface area contributed by atoms with E-state index in [-0.39, 0.29) is 17.3 Å². The SMILES string of the molecule is Cc1cccc(C(=O)NNc2ccc([N+](=O)[O-])c3ccccc23)n1. The summed E-state index contributed by atoms with van der Waals surface area (Å²) in [5.41, 5.74) is 6.98. The predicted molar refractivity (Wildman–Crippen MR) is 90.7 cm³/mol. The van der Waals surface area contributed by atoms with Crippen LogP contribution in [0.1, 0.15) is 16.2 Å². The Hall–Kier alpha value is -3.48. The maximum absolute atomic E-state index is 12.1. The van der Waals surface area contributed by atoms with Gasteiger partial charge in [-0.25, -0.2) is 4.98 Å². The van der Waals surface area contributed by atoms with Crippen molar-refractivity contribution in [1.82, 2.24) is 10.4 Å². The number of hydrogen-bond donors (Lipinski definition) is 2. The lowest BCUT2D eigenvalue weighted by Gasteiger charge is -2.11. The van der Waals surface area contributed by atoms with E-state index in [1.165, 1.54) is 6.07 Å². The van der Waals surface area contributed by atoms with Crippen LogP contribution < -0.4 is 10.9 Å². The Morgan fingerprint density at radius 1 is 1.04 bits per heavy atom. The Morgan fingerprint density at radius 3 is 2.50 bits per heavy atom. The monoisotopic (exact) mass is 322 g/mol. The number of nitro groups is 1. The summed E-state index contributed by atoms with van der Waals surface area (Å²) in [5.74, 6) is -0.388. The van der Waals surface area contributed by atoms with E-state index in [0.29, 0.717) is 16.5 Å². The van der Waals surface area contributed by atoms with E-state index in [0.717, 1.165) is 5.69 Å². The zero-order chi connectivity index (χ0) is 17.1. The molecule has 0 spiro atoms. The van der Waals surface area contributed by atoms with Crippen LogP contribution in [0.4, 0.5) is 11.4 Å². The number of pyridine rings is 1. The minimum absolute atomic E-state index is 0.0165. The number of benzene rings is 2. The molecule has 3 rings (SSSR count). The van der Waals surface area contributed by atoms with Gasteiger partial charge in [-0.15, -0.1) is 0 Å². The molecule has 0 bridgehead atoms. The van der Waals surface area contributed by atoms with Gasteiger partial charge in [-0.1, -0.05) is 24.3 Å². The largest absolute Gasteiger partial charge is 0.298 e. The van der Waals surface area contributed by atoms with Gasteiger partial charge in [0.25, 0.3) is 11.6 Å². The second-order valence-corrected chi connectivity index (χ2v) is 5.18. The number of hydrazine groups is 1. The van der Waals surface area contributed by atoms with Crippen LogP contribution in [0, 0.1) is 17.0 Å². The first-order valence-electron chi connectivity index (χ1n) is 7.22. The molecular formula is C17H14N4O3. The quantitative estimate of drug-likeness (QED) is 0.568. The van der Waals surface area contributed by atoms with Crippen LogP contribution in [0.3, 0.4) is 0 Å². The van der Waals surface area contributed by atoms with E-state index in [9.17, 15) is 14.9 Å². The fourth-order valence-corrected chi connectivity index (χ4v) is 2.41. The highest BCUT2D eigenvalue weighted by Gasteiger charge is 2.14. The van der Waals surface area contributed by atoms with Gasteiger partial charge in [-0.05, 0) is 31.2 Å². The lowest BCUT2D eigenvalue weighted by atomic mass is 10.1. The van der Waals surface area contributed by atoms with Gasteiger partial charge in [0.15, 0.2) is 0 Å². The second-order valence-electron chi connectivity index (χ2n) is 5.18. The molecule has 2 aromatic carbocycles. The molecule has 0 aliphatic heterocycles. The molecule has 0 radical (unpaired) electrons. The molecule has 0 saturated carbocycles. The number of carbonyl (C=O) groups is 1. The lowest BCUT2D eigenvalue weighted by Crippen LogP contribution is -2.30. The van der Waals surface area contributed by atoms with Crippen molar-refractivity contribution in [1.29, 1.82) is 0 Å². The molecule has 120 valence electrons. The summed E-state index contributed by atoms with van der Waals surface area (Å²) in [6, 6.07) is 15.1. The maximum Gasteiger partial charge on any atom is 0.288 e. The van der Waals surface area contributed by atoms with Crippen molar-refractivity contribution < 1.29 is 9.72 Å². The smallest absolute Gasteiger partial charge is 0.288 e. The van der Waals surface area contributed by atoms with E-state index >= 15 is 0 Å². The number of fused-ring (bicyclic) bond motifs is 1. The minimum atomic E-state index is -0.429. The Morgan fingerprint density at radius 2 is 1.79 bits per heavy atom. The molecule has 7 nitrogen and oxygen atoms in total. The number of aryl methyl sites for hydroxylation is 1. The average molecular weight is 322 g/mol. The number of nitro benzene ring substituents is 1. The number of nitrogens with zero attached hydrogens (tertiary/aromatic N) is 2. The third-order valence-electron chi connectivity index (χ3n) is 3.53. The Balaban J connectivity index is 1.87. The van der Waals surface area contributed by atoms with Gasteiger partial charge in [0.1, 0.15) is 5.69 Å². The molecule has 1 heterocycles. The fourth-order valence-electron chi connectivity index (χ4n) is 2.41. The van der Waals surface area contributed by atoms with Crippen LogP contribution in [0.25, 0.3) is 10.8 Å². The first-order chi connectivity index (χ1) is 11.6. The van der Waals surface area contributed by atoms with Crippen molar-refractivity contribution in [3.8, 4) is 0 Å². The van der Waals surface area contributed by atoms with Gasteiger partial charge in [0.05, 0.1) is 16.0 Å². The molecule has 7 heteroatoms. The first-order valence-corrected chi connectivity index (χ1v) is 7.22. The minimum Gasteiger partial charge on any atom is -0.298 e. The normalized spacial score (nSPS) is 10.4. The summed E-state index contributed by atoms with van der Waals surface area (Å²) >= 11 is 0. The Bertz CT molecular complexity index is 940. The Labute approximate surface area is 137 Å². The predicted octanol–water partition coefficient (Wildman–Crippen LogP) is 3.21. The third kappa shape index (κ3) is 3.00. The molecule has 24 heavy (non-hydrogen) atoms. The summed E-state index contributed by atoms with van der Waals surface area (Å²) < 4.78 is 0. The van der Waals surface area contributed by atoms with Crippen molar-refractivity contribution in [3.05, 3.63) is 76.1 Å². The third-order valence-corrected chi connectivity index (χ3v) is 3.53. The van der Waals surface area contributed by atoms with Crippen LogP contribution in [0.2, 0.25) is 0 Å². The van der Waals surface area contributed by atoms with E-state index in [4.69, 9.17) is 0 Å². The zero-order valence-electron chi connectivity index (χ0n) is 12.8. The van der Waals surface area contributed by atoms with Crippen molar-refractivity contribution in [2.75, 3.05) is 5.43 Å². The summed E-state index contributed by atoms with van der Waals surface area (Å²) in [7, 11) is 0. The van der Waals surface area contributed by atoms with Gasteiger partial charge >= 0.3 is 0 Å². The summed E-state index contributed by atoms with van der Waals surface area (Å²) in [6.07, 6.45) is 0. The number of aromatic nitrogens is 1. The molecule has 0 fully saturated rings. The molecule has 0 unspecified atom stereocenters. The number of non-ortho nitro benzene ring substituents is 1. The summed E-state index contributed by atoms with van der Waals surface area (Å²) in [4.78, 5) is 27.0. The molecule has 0 saturated heterocycles. The number of carbonyl (C=O) groups excluding carboxylic acids is 1. The molecule has 1 aromatic heterocycles. The highest BCUT2D eigenvalue weighted by atomic mass is 16.6. The van der Waals surface area contributed by atoms with Crippen LogP contribution in [-0.2, 0) is 0 Å². The van der Waals surface area contributed by atoms with Crippen molar-refractivity contribution in [2.45, 2.75) is 6.92 Å². The van der Waals surface area contributed by atoms with E-state index in [2.05, 4.69) is 15.8 Å². The molecule has 0 aliphatic carbocycles.